The van der Waals surface area contributed by atoms with Crippen LogP contribution in [0, 0.1) is 0 Å². The van der Waals surface area contributed by atoms with E-state index in [-0.39, 0.29) is 5.83 Å². The van der Waals surface area contributed by atoms with Gasteiger partial charge < -0.3 is 5.43 Å². The number of likely N-dealkylation sites (tertiary alicyclic amines) is 1. The Kier molecular flexibility index (Phi) is 6.52. The lowest BCUT2D eigenvalue weighted by Gasteiger charge is -2.34. The third-order valence-electron chi connectivity index (χ3n) is 4.09. The lowest BCUT2D eigenvalue weighted by atomic mass is 10.0. The van der Waals surface area contributed by atoms with Crippen LogP contribution >= 0.6 is 0 Å². The van der Waals surface area contributed by atoms with Crippen LogP contribution in [0.3, 0.4) is 0 Å². The Morgan fingerprint density at radius 3 is 3.18 bits per heavy atom. The fraction of sp³-hybridized carbons (Fsp3) is 0.529. The van der Waals surface area contributed by atoms with Gasteiger partial charge >= 0.3 is 0 Å². The molecule has 0 aromatic carbocycles. The van der Waals surface area contributed by atoms with Crippen LogP contribution in [-0.4, -0.2) is 48.5 Å². The Labute approximate surface area is 132 Å². The Morgan fingerprint density at radius 1 is 1.55 bits per heavy atom. The first-order chi connectivity index (χ1) is 10.7. The molecule has 2 aliphatic heterocycles. The molecule has 0 aliphatic carbocycles. The molecule has 1 atom stereocenters. The maximum absolute atomic E-state index is 13.2. The standard InChI is InChI=1S/C17H25FN4/c1-3-16(17-9-8-14(18)10-11-19-17)21-20-13-15-7-5-6-12-22(15)4-2/h3,8-10,15,20H,1,4-7,11-13H2,2H3/b21-16+. The molecule has 4 nitrogen and oxygen atoms in total. The second-order valence-electron chi connectivity index (χ2n) is 5.49. The van der Waals surface area contributed by atoms with E-state index in [0.717, 1.165) is 13.1 Å². The smallest absolute Gasteiger partial charge is 0.121 e. The molecule has 1 fully saturated rings. The molecule has 0 saturated carbocycles. The van der Waals surface area contributed by atoms with Gasteiger partial charge in [0.15, 0.2) is 0 Å². The van der Waals surface area contributed by atoms with E-state index < -0.39 is 0 Å². The number of nitrogens with one attached hydrogen (secondary N) is 1. The Morgan fingerprint density at radius 2 is 2.41 bits per heavy atom. The van der Waals surface area contributed by atoms with Crippen molar-refractivity contribution >= 4 is 11.4 Å². The van der Waals surface area contributed by atoms with Crippen molar-refractivity contribution in [1.82, 2.24) is 10.3 Å². The number of rotatable bonds is 6. The molecule has 1 unspecified atom stereocenters. The van der Waals surface area contributed by atoms with Crippen molar-refractivity contribution in [3.05, 3.63) is 36.7 Å². The van der Waals surface area contributed by atoms with Gasteiger partial charge in [0.2, 0.25) is 0 Å². The average molecular weight is 304 g/mol. The van der Waals surface area contributed by atoms with Crippen molar-refractivity contribution < 1.29 is 4.39 Å². The summed E-state index contributed by atoms with van der Waals surface area (Å²) in [6.45, 7) is 9.36. The zero-order valence-corrected chi connectivity index (χ0v) is 13.3. The molecule has 0 amide bonds. The molecule has 0 spiro atoms. The number of likely N-dealkylation sites (N-methyl/N-ethyl adjacent to an activating group) is 1. The summed E-state index contributed by atoms with van der Waals surface area (Å²) < 4.78 is 13.2. The molecular formula is C17H25FN4. The zero-order chi connectivity index (χ0) is 15.8. The van der Waals surface area contributed by atoms with Gasteiger partial charge in [-0.25, -0.2) is 4.39 Å². The predicted molar refractivity (Wildman–Crippen MR) is 91.2 cm³/mol. The first kappa shape index (κ1) is 16.6. The van der Waals surface area contributed by atoms with Crippen LogP contribution < -0.4 is 5.43 Å². The molecule has 2 heterocycles. The van der Waals surface area contributed by atoms with E-state index >= 15 is 0 Å². The summed E-state index contributed by atoms with van der Waals surface area (Å²) in [5.41, 5.74) is 4.46. The van der Waals surface area contributed by atoms with E-state index in [9.17, 15) is 4.39 Å². The number of aliphatic imine (C=N–C) groups is 1. The van der Waals surface area contributed by atoms with Gasteiger partial charge in [-0.15, -0.1) is 0 Å². The Bertz CT molecular complexity index is 505. The van der Waals surface area contributed by atoms with Crippen LogP contribution in [0.25, 0.3) is 0 Å². The van der Waals surface area contributed by atoms with Gasteiger partial charge in [-0.2, -0.15) is 5.10 Å². The highest BCUT2D eigenvalue weighted by molar-refractivity contribution is 6.50. The molecular weight excluding hydrogens is 279 g/mol. The minimum atomic E-state index is -0.268. The number of hydrazone groups is 1. The summed E-state index contributed by atoms with van der Waals surface area (Å²) in [7, 11) is 0. The largest absolute Gasteiger partial charge is 0.308 e. The molecule has 1 N–H and O–H groups in total. The predicted octanol–water partition coefficient (Wildman–Crippen LogP) is 2.86. The molecule has 0 aromatic heterocycles. The van der Waals surface area contributed by atoms with Gasteiger partial charge in [-0.3, -0.25) is 9.89 Å². The van der Waals surface area contributed by atoms with Crippen molar-refractivity contribution in [2.24, 2.45) is 10.1 Å². The summed E-state index contributed by atoms with van der Waals surface area (Å²) >= 11 is 0. The molecule has 5 heteroatoms. The van der Waals surface area contributed by atoms with E-state index in [2.05, 4.69) is 33.9 Å². The first-order valence-electron chi connectivity index (χ1n) is 8.00. The lowest BCUT2D eigenvalue weighted by molar-refractivity contribution is 0.154. The Balaban J connectivity index is 1.94. The maximum atomic E-state index is 13.2. The van der Waals surface area contributed by atoms with Gasteiger partial charge in [-0.1, -0.05) is 19.9 Å². The summed E-state index contributed by atoms with van der Waals surface area (Å²) in [6, 6.07) is 0.527. The molecule has 0 aromatic rings. The van der Waals surface area contributed by atoms with Gasteiger partial charge in [0.05, 0.1) is 12.3 Å². The second kappa shape index (κ2) is 8.63. The van der Waals surface area contributed by atoms with Gasteiger partial charge in [-0.05, 0) is 50.2 Å². The van der Waals surface area contributed by atoms with Crippen LogP contribution in [0.15, 0.2) is 46.8 Å². The van der Waals surface area contributed by atoms with Crippen LogP contribution in [0.4, 0.5) is 4.39 Å². The van der Waals surface area contributed by atoms with Crippen LogP contribution in [0.1, 0.15) is 26.2 Å². The highest BCUT2D eigenvalue weighted by Gasteiger charge is 2.20. The molecule has 120 valence electrons. The topological polar surface area (TPSA) is 40.0 Å². The number of nitrogens with zero attached hydrogens (tertiary/aromatic N) is 3. The first-order valence-corrected chi connectivity index (χ1v) is 8.00. The van der Waals surface area contributed by atoms with Crippen molar-refractivity contribution in [1.29, 1.82) is 0 Å². The second-order valence-corrected chi connectivity index (χ2v) is 5.49. The molecule has 0 radical (unpaired) electrons. The van der Waals surface area contributed by atoms with Gasteiger partial charge in [0.25, 0.3) is 0 Å². The highest BCUT2D eigenvalue weighted by atomic mass is 19.1. The van der Waals surface area contributed by atoms with Crippen molar-refractivity contribution in [2.75, 3.05) is 26.2 Å². The van der Waals surface area contributed by atoms with Crippen LogP contribution in [-0.2, 0) is 0 Å². The van der Waals surface area contributed by atoms with Crippen molar-refractivity contribution in [3.63, 3.8) is 0 Å². The molecule has 2 rings (SSSR count). The highest BCUT2D eigenvalue weighted by Crippen LogP contribution is 2.15. The Hall–Kier alpha value is -1.75. The zero-order valence-electron chi connectivity index (χ0n) is 13.3. The van der Waals surface area contributed by atoms with Crippen molar-refractivity contribution in [3.8, 4) is 0 Å². The van der Waals surface area contributed by atoms with E-state index in [4.69, 9.17) is 0 Å². The molecule has 22 heavy (non-hydrogen) atoms. The van der Waals surface area contributed by atoms with Gasteiger partial charge in [0.1, 0.15) is 11.5 Å². The number of hydrogen-bond acceptors (Lipinski definition) is 4. The fourth-order valence-electron chi connectivity index (χ4n) is 2.83. The van der Waals surface area contributed by atoms with E-state index in [1.807, 2.05) is 0 Å². The minimum Gasteiger partial charge on any atom is -0.308 e. The summed E-state index contributed by atoms with van der Waals surface area (Å²) in [5.74, 6) is -0.268. The monoisotopic (exact) mass is 304 g/mol. The van der Waals surface area contributed by atoms with E-state index in [1.165, 1.54) is 38.0 Å². The average Bonchev–Trinajstić information content (AvgIpc) is 2.77. The number of halogens is 1. The lowest BCUT2D eigenvalue weighted by Crippen LogP contribution is -2.44. The summed E-state index contributed by atoms with van der Waals surface area (Å²) in [4.78, 5) is 6.79. The quantitative estimate of drug-likeness (QED) is 0.605. The summed E-state index contributed by atoms with van der Waals surface area (Å²) in [5, 5.41) is 4.39. The molecule has 0 bridgehead atoms. The van der Waals surface area contributed by atoms with Crippen LogP contribution in [0.5, 0.6) is 0 Å². The maximum Gasteiger partial charge on any atom is 0.121 e. The third-order valence-corrected chi connectivity index (χ3v) is 4.09. The minimum absolute atomic E-state index is 0.268. The number of piperidine rings is 1. The third kappa shape index (κ3) is 4.63. The summed E-state index contributed by atoms with van der Waals surface area (Å²) in [6.07, 6.45) is 9.91. The van der Waals surface area contributed by atoms with Gasteiger partial charge in [0, 0.05) is 12.6 Å². The number of allylic oxidation sites excluding steroid dienone is 4. The van der Waals surface area contributed by atoms with E-state index in [1.54, 1.807) is 12.2 Å². The molecule has 1 saturated heterocycles. The normalized spacial score (nSPS) is 23.5. The fourth-order valence-corrected chi connectivity index (χ4v) is 2.83. The van der Waals surface area contributed by atoms with E-state index in [0.29, 0.717) is 24.0 Å². The van der Waals surface area contributed by atoms with Crippen LogP contribution in [0.2, 0.25) is 0 Å². The molecule has 2 aliphatic rings. The van der Waals surface area contributed by atoms with Crippen molar-refractivity contribution in [2.45, 2.75) is 32.2 Å². The number of hydrogen-bond donors (Lipinski definition) is 1. The SMILES string of the molecule is C=C/C(=N\NCC1CCCCN1CC)C1=NCC=C(F)C=C1.